The van der Waals surface area contributed by atoms with Crippen LogP contribution in [0.1, 0.15) is 18.4 Å². The zero-order valence-corrected chi connectivity index (χ0v) is 13.5. The number of nitrogens with zero attached hydrogens (tertiary/aromatic N) is 2. The summed E-state index contributed by atoms with van der Waals surface area (Å²) in [7, 11) is 0. The van der Waals surface area contributed by atoms with Crippen molar-refractivity contribution >= 4 is 40.8 Å². The lowest BCUT2D eigenvalue weighted by Crippen LogP contribution is -2.17. The van der Waals surface area contributed by atoms with Crippen LogP contribution in [0.3, 0.4) is 0 Å². The van der Waals surface area contributed by atoms with Gasteiger partial charge in [0.25, 0.3) is 0 Å². The van der Waals surface area contributed by atoms with Crippen molar-refractivity contribution in [1.82, 2.24) is 0 Å². The van der Waals surface area contributed by atoms with E-state index in [9.17, 15) is 5.11 Å². The van der Waals surface area contributed by atoms with Gasteiger partial charge in [-0.3, -0.25) is 4.99 Å². The van der Waals surface area contributed by atoms with Crippen molar-refractivity contribution in [1.29, 1.82) is 0 Å². The largest absolute Gasteiger partial charge is 0.506 e. The molecule has 0 radical (unpaired) electrons. The average molecular weight is 335 g/mol. The van der Waals surface area contributed by atoms with Gasteiger partial charge in [-0.05, 0) is 37.1 Å². The first-order valence-corrected chi connectivity index (χ1v) is 7.97. The van der Waals surface area contributed by atoms with Crippen molar-refractivity contribution in [3.05, 3.63) is 52.0 Å². The van der Waals surface area contributed by atoms with Crippen LogP contribution in [-0.4, -0.2) is 24.4 Å². The van der Waals surface area contributed by atoms with Crippen molar-refractivity contribution in [2.75, 3.05) is 18.0 Å². The number of halogens is 2. The number of hydrogen-bond acceptors (Lipinski definition) is 3. The predicted molar refractivity (Wildman–Crippen MR) is 93.3 cm³/mol. The number of para-hydroxylation sites is 2. The summed E-state index contributed by atoms with van der Waals surface area (Å²) in [4.78, 5) is 6.85. The van der Waals surface area contributed by atoms with E-state index in [0.29, 0.717) is 10.6 Å². The molecule has 0 saturated carbocycles. The van der Waals surface area contributed by atoms with E-state index in [1.165, 1.54) is 18.9 Å². The summed E-state index contributed by atoms with van der Waals surface area (Å²) in [6.45, 7) is 2.11. The smallest absolute Gasteiger partial charge is 0.143 e. The van der Waals surface area contributed by atoms with Crippen LogP contribution in [0.2, 0.25) is 10.0 Å². The summed E-state index contributed by atoms with van der Waals surface area (Å²) in [5.74, 6) is -0.00605. The van der Waals surface area contributed by atoms with Gasteiger partial charge in [0.05, 0.1) is 16.4 Å². The van der Waals surface area contributed by atoms with Gasteiger partial charge in [0.15, 0.2) is 0 Å². The SMILES string of the molecule is Oc1c(Cl)cc(Cl)cc1C=Nc1ccccc1N1CCCC1. The van der Waals surface area contributed by atoms with Crippen LogP contribution in [0.25, 0.3) is 0 Å². The minimum atomic E-state index is -0.00605. The van der Waals surface area contributed by atoms with E-state index in [2.05, 4.69) is 16.0 Å². The van der Waals surface area contributed by atoms with Crippen LogP contribution in [0, 0.1) is 0 Å². The Balaban J connectivity index is 1.93. The van der Waals surface area contributed by atoms with E-state index >= 15 is 0 Å². The molecule has 1 heterocycles. The van der Waals surface area contributed by atoms with Crippen LogP contribution in [0.4, 0.5) is 11.4 Å². The highest BCUT2D eigenvalue weighted by Crippen LogP contribution is 2.33. The van der Waals surface area contributed by atoms with E-state index in [1.54, 1.807) is 12.3 Å². The van der Waals surface area contributed by atoms with Gasteiger partial charge in [-0.15, -0.1) is 0 Å². The maximum absolute atomic E-state index is 9.99. The Labute approximate surface area is 139 Å². The summed E-state index contributed by atoms with van der Waals surface area (Å²) >= 11 is 11.9. The monoisotopic (exact) mass is 334 g/mol. The van der Waals surface area contributed by atoms with Crippen LogP contribution in [0.5, 0.6) is 5.75 Å². The third-order valence-corrected chi connectivity index (χ3v) is 4.24. The van der Waals surface area contributed by atoms with Crippen molar-refractivity contribution < 1.29 is 5.11 Å². The summed E-state index contributed by atoms with van der Waals surface area (Å²) in [5.41, 5.74) is 2.50. The fraction of sp³-hybridized carbons (Fsp3) is 0.235. The topological polar surface area (TPSA) is 35.8 Å². The fourth-order valence-corrected chi connectivity index (χ4v) is 3.13. The molecule has 22 heavy (non-hydrogen) atoms. The normalized spacial score (nSPS) is 14.9. The lowest BCUT2D eigenvalue weighted by molar-refractivity contribution is 0.475. The van der Waals surface area contributed by atoms with Gasteiger partial charge >= 0.3 is 0 Å². The molecule has 5 heteroatoms. The van der Waals surface area contributed by atoms with E-state index < -0.39 is 0 Å². The molecule has 1 N–H and O–H groups in total. The Morgan fingerprint density at radius 2 is 1.82 bits per heavy atom. The third-order valence-electron chi connectivity index (χ3n) is 3.73. The van der Waals surface area contributed by atoms with E-state index in [1.807, 2.05) is 18.2 Å². The van der Waals surface area contributed by atoms with Gasteiger partial charge in [-0.1, -0.05) is 35.3 Å². The summed E-state index contributed by atoms with van der Waals surface area (Å²) in [5, 5.41) is 10.7. The maximum Gasteiger partial charge on any atom is 0.143 e. The Kier molecular flexibility index (Phi) is 4.55. The van der Waals surface area contributed by atoms with Crippen molar-refractivity contribution in [3.63, 3.8) is 0 Å². The van der Waals surface area contributed by atoms with E-state index in [4.69, 9.17) is 23.2 Å². The molecule has 3 nitrogen and oxygen atoms in total. The predicted octanol–water partition coefficient (Wildman–Crippen LogP) is 5.05. The Morgan fingerprint density at radius 1 is 1.09 bits per heavy atom. The van der Waals surface area contributed by atoms with Gasteiger partial charge in [-0.25, -0.2) is 0 Å². The molecule has 0 atom stereocenters. The molecule has 0 aromatic heterocycles. The fourth-order valence-electron chi connectivity index (χ4n) is 2.62. The first-order chi connectivity index (χ1) is 10.6. The zero-order chi connectivity index (χ0) is 15.5. The molecule has 0 amide bonds. The molecule has 0 unspecified atom stereocenters. The number of phenolic OH excluding ortho intramolecular Hbond substituents is 1. The molecule has 1 fully saturated rings. The summed E-state index contributed by atoms with van der Waals surface area (Å²) in [6.07, 6.45) is 4.02. The highest BCUT2D eigenvalue weighted by molar-refractivity contribution is 6.36. The molecule has 2 aromatic carbocycles. The lowest BCUT2D eigenvalue weighted by atomic mass is 10.2. The second kappa shape index (κ2) is 6.59. The van der Waals surface area contributed by atoms with Gasteiger partial charge in [0.2, 0.25) is 0 Å². The summed E-state index contributed by atoms with van der Waals surface area (Å²) in [6, 6.07) is 11.2. The highest BCUT2D eigenvalue weighted by Gasteiger charge is 2.15. The quantitative estimate of drug-likeness (QED) is 0.797. The number of aromatic hydroxyl groups is 1. The number of benzene rings is 2. The van der Waals surface area contributed by atoms with Crippen LogP contribution >= 0.6 is 23.2 Å². The van der Waals surface area contributed by atoms with E-state index in [-0.39, 0.29) is 10.8 Å². The van der Waals surface area contributed by atoms with Crippen molar-refractivity contribution in [3.8, 4) is 5.75 Å². The first kappa shape index (κ1) is 15.2. The molecule has 1 aliphatic heterocycles. The molecule has 114 valence electrons. The van der Waals surface area contributed by atoms with Crippen molar-refractivity contribution in [2.24, 2.45) is 4.99 Å². The lowest BCUT2D eigenvalue weighted by Gasteiger charge is -2.19. The van der Waals surface area contributed by atoms with Gasteiger partial charge < -0.3 is 10.0 Å². The first-order valence-electron chi connectivity index (χ1n) is 7.21. The van der Waals surface area contributed by atoms with E-state index in [0.717, 1.165) is 24.5 Å². The van der Waals surface area contributed by atoms with Gasteiger partial charge in [-0.2, -0.15) is 0 Å². The van der Waals surface area contributed by atoms with Crippen molar-refractivity contribution in [2.45, 2.75) is 12.8 Å². The Morgan fingerprint density at radius 3 is 2.59 bits per heavy atom. The van der Waals surface area contributed by atoms with Crippen LogP contribution in [0.15, 0.2) is 41.4 Å². The molecule has 0 spiro atoms. The molecule has 0 aliphatic carbocycles. The average Bonchev–Trinajstić information content (AvgIpc) is 3.04. The Bertz CT molecular complexity index is 710. The second-order valence-electron chi connectivity index (χ2n) is 5.27. The zero-order valence-electron chi connectivity index (χ0n) is 12.0. The molecular formula is C17H16Cl2N2O. The highest BCUT2D eigenvalue weighted by atomic mass is 35.5. The minimum absolute atomic E-state index is 0.00605. The third kappa shape index (κ3) is 3.21. The number of phenols is 1. The standard InChI is InChI=1S/C17H16Cl2N2O/c18-13-9-12(17(22)14(19)10-13)11-20-15-5-1-2-6-16(15)21-7-3-4-8-21/h1-2,5-6,9-11,22H,3-4,7-8H2. The molecular weight excluding hydrogens is 319 g/mol. The second-order valence-corrected chi connectivity index (χ2v) is 6.11. The number of rotatable bonds is 3. The number of anilines is 1. The molecule has 2 aromatic rings. The minimum Gasteiger partial charge on any atom is -0.506 e. The van der Waals surface area contributed by atoms with Gasteiger partial charge in [0.1, 0.15) is 5.75 Å². The molecule has 1 aliphatic rings. The number of hydrogen-bond donors (Lipinski definition) is 1. The van der Waals surface area contributed by atoms with Gasteiger partial charge in [0, 0.05) is 29.9 Å². The molecule has 1 saturated heterocycles. The molecule has 3 rings (SSSR count). The molecule has 0 bridgehead atoms. The number of aliphatic imine (C=N–C) groups is 1. The van der Waals surface area contributed by atoms with Crippen LogP contribution in [-0.2, 0) is 0 Å². The summed E-state index contributed by atoms with van der Waals surface area (Å²) < 4.78 is 0. The maximum atomic E-state index is 9.99. The van der Waals surface area contributed by atoms with Crippen LogP contribution < -0.4 is 4.90 Å². The Hall–Kier alpha value is -1.71.